The molecular formula is C18H21F3N4O5. The van der Waals surface area contributed by atoms with Crippen LogP contribution in [0, 0.1) is 0 Å². The van der Waals surface area contributed by atoms with Gasteiger partial charge in [-0.25, -0.2) is 14.8 Å². The summed E-state index contributed by atoms with van der Waals surface area (Å²) < 4.78 is 44.3. The summed E-state index contributed by atoms with van der Waals surface area (Å²) in [4.78, 5) is 32.1. The van der Waals surface area contributed by atoms with Gasteiger partial charge in [-0.15, -0.1) is 0 Å². The molecule has 0 aliphatic carbocycles. The summed E-state index contributed by atoms with van der Waals surface area (Å²) in [6, 6.07) is 3.35. The molecular weight excluding hydrogens is 409 g/mol. The fraction of sp³-hybridized carbons (Fsp3) is 0.444. The number of fused-ring (bicyclic) bond motifs is 1. The van der Waals surface area contributed by atoms with E-state index in [-0.39, 0.29) is 11.9 Å². The van der Waals surface area contributed by atoms with Crippen molar-refractivity contribution in [3.63, 3.8) is 0 Å². The first-order valence-corrected chi connectivity index (χ1v) is 8.75. The first-order valence-electron chi connectivity index (χ1n) is 8.75. The molecule has 30 heavy (non-hydrogen) atoms. The molecule has 2 aromatic heterocycles. The van der Waals surface area contributed by atoms with Crippen LogP contribution in [0.25, 0.3) is 0 Å². The molecule has 0 fully saturated rings. The lowest BCUT2D eigenvalue weighted by Crippen LogP contribution is -2.41. The number of ether oxygens (including phenoxy) is 2. The van der Waals surface area contributed by atoms with Crippen LogP contribution >= 0.6 is 0 Å². The molecule has 1 amide bonds. The minimum absolute atomic E-state index is 0.0926. The van der Waals surface area contributed by atoms with Gasteiger partial charge in [0.2, 0.25) is 5.88 Å². The third-order valence-corrected chi connectivity index (χ3v) is 4.37. The van der Waals surface area contributed by atoms with Gasteiger partial charge in [-0.05, 0) is 19.1 Å². The number of aromatic nitrogens is 3. The Morgan fingerprint density at radius 2 is 1.93 bits per heavy atom. The highest BCUT2D eigenvalue weighted by molar-refractivity contribution is 5.96. The number of carboxylic acid groups (broad SMARTS) is 1. The average molecular weight is 430 g/mol. The van der Waals surface area contributed by atoms with Crippen molar-refractivity contribution in [1.29, 1.82) is 0 Å². The minimum atomic E-state index is -5.08. The molecule has 0 aromatic carbocycles. The summed E-state index contributed by atoms with van der Waals surface area (Å²) in [5, 5.41) is 7.12. The standard InChI is InChI=1S/C16H20N4O3.C2HF3O2/c1-11-14-18-9-12(10-22-2)20(14)8-7-19(11)16(21)13-5-4-6-17-15(13)23-3;3-2(4,5)1(6)7/h4-6,9,11H,7-8,10H2,1-3H3;(H,6,7). The molecule has 9 nitrogen and oxygen atoms in total. The zero-order chi connectivity index (χ0) is 22.5. The van der Waals surface area contributed by atoms with E-state index in [1.807, 2.05) is 13.1 Å². The van der Waals surface area contributed by atoms with Gasteiger partial charge in [0.05, 0.1) is 31.6 Å². The van der Waals surface area contributed by atoms with Gasteiger partial charge < -0.3 is 24.0 Å². The monoisotopic (exact) mass is 430 g/mol. The number of pyridine rings is 1. The Kier molecular flexibility index (Phi) is 7.38. The van der Waals surface area contributed by atoms with Crippen LogP contribution in [0.4, 0.5) is 13.2 Å². The molecule has 12 heteroatoms. The molecule has 1 aliphatic heterocycles. The summed E-state index contributed by atoms with van der Waals surface area (Å²) in [5.74, 6) is -1.63. The largest absolute Gasteiger partial charge is 0.490 e. The number of alkyl halides is 3. The van der Waals surface area contributed by atoms with Gasteiger partial charge in [0, 0.05) is 26.4 Å². The Hall–Kier alpha value is -3.15. The van der Waals surface area contributed by atoms with Gasteiger partial charge in [0.1, 0.15) is 11.4 Å². The second kappa shape index (κ2) is 9.57. The number of nitrogens with zero attached hydrogens (tertiary/aromatic N) is 4. The number of hydrogen-bond acceptors (Lipinski definition) is 6. The predicted molar refractivity (Wildman–Crippen MR) is 96.9 cm³/mol. The van der Waals surface area contributed by atoms with Crippen LogP contribution in [0.1, 0.15) is 34.8 Å². The van der Waals surface area contributed by atoms with E-state index in [1.54, 1.807) is 30.3 Å². The lowest BCUT2D eigenvalue weighted by Gasteiger charge is -2.34. The third-order valence-electron chi connectivity index (χ3n) is 4.37. The molecule has 1 unspecified atom stereocenters. The number of carbonyl (C=O) groups excluding carboxylic acids is 1. The van der Waals surface area contributed by atoms with Gasteiger partial charge in [-0.2, -0.15) is 13.2 Å². The van der Waals surface area contributed by atoms with Gasteiger partial charge in [0.25, 0.3) is 5.91 Å². The molecule has 1 aliphatic rings. The van der Waals surface area contributed by atoms with E-state index in [9.17, 15) is 18.0 Å². The Morgan fingerprint density at radius 3 is 2.50 bits per heavy atom. The summed E-state index contributed by atoms with van der Waals surface area (Å²) >= 11 is 0. The number of carbonyl (C=O) groups is 2. The Balaban J connectivity index is 0.000000396. The second-order valence-electron chi connectivity index (χ2n) is 6.23. The average Bonchev–Trinajstić information content (AvgIpc) is 3.11. The SMILES string of the molecule is COCc1cnc2n1CCN(C(=O)c1cccnc1OC)C2C.O=C(O)C(F)(F)F. The van der Waals surface area contributed by atoms with Gasteiger partial charge in [-0.3, -0.25) is 4.79 Å². The summed E-state index contributed by atoms with van der Waals surface area (Å²) in [7, 11) is 3.18. The van der Waals surface area contributed by atoms with Gasteiger partial charge >= 0.3 is 12.1 Å². The predicted octanol–water partition coefficient (Wildman–Crippen LogP) is 2.28. The van der Waals surface area contributed by atoms with Crippen LogP contribution in [-0.2, 0) is 22.7 Å². The van der Waals surface area contributed by atoms with E-state index in [2.05, 4.69) is 14.5 Å². The topological polar surface area (TPSA) is 107 Å². The van der Waals surface area contributed by atoms with Crippen LogP contribution in [-0.4, -0.2) is 63.4 Å². The maximum absolute atomic E-state index is 12.9. The van der Waals surface area contributed by atoms with Crippen molar-refractivity contribution in [2.45, 2.75) is 32.3 Å². The highest BCUT2D eigenvalue weighted by Crippen LogP contribution is 2.28. The van der Waals surface area contributed by atoms with E-state index in [0.717, 1.165) is 11.5 Å². The normalized spacial score (nSPS) is 15.7. The molecule has 3 heterocycles. The number of hydrogen-bond donors (Lipinski definition) is 1. The molecule has 0 radical (unpaired) electrons. The fourth-order valence-corrected chi connectivity index (χ4v) is 2.97. The van der Waals surface area contributed by atoms with Crippen molar-refractivity contribution in [2.24, 2.45) is 0 Å². The summed E-state index contributed by atoms with van der Waals surface area (Å²) in [6.07, 6.45) is -1.66. The third kappa shape index (κ3) is 5.06. The highest BCUT2D eigenvalue weighted by atomic mass is 19.4. The van der Waals surface area contributed by atoms with E-state index in [0.29, 0.717) is 31.1 Å². The molecule has 0 bridgehead atoms. The highest BCUT2D eigenvalue weighted by Gasteiger charge is 2.38. The van der Waals surface area contributed by atoms with Crippen molar-refractivity contribution in [1.82, 2.24) is 19.4 Å². The maximum Gasteiger partial charge on any atom is 0.490 e. The Labute approximate surface area is 170 Å². The van der Waals surface area contributed by atoms with Crippen molar-refractivity contribution in [3.8, 4) is 5.88 Å². The van der Waals surface area contributed by atoms with Crippen molar-refractivity contribution < 1.29 is 37.3 Å². The Morgan fingerprint density at radius 1 is 1.27 bits per heavy atom. The van der Waals surface area contributed by atoms with Crippen LogP contribution in [0.3, 0.4) is 0 Å². The number of aliphatic carboxylic acids is 1. The molecule has 1 atom stereocenters. The molecule has 0 saturated carbocycles. The quantitative estimate of drug-likeness (QED) is 0.793. The van der Waals surface area contributed by atoms with Crippen LogP contribution in [0.15, 0.2) is 24.5 Å². The second-order valence-corrected chi connectivity index (χ2v) is 6.23. The number of carboxylic acids is 1. The first-order chi connectivity index (χ1) is 14.1. The van der Waals surface area contributed by atoms with Crippen LogP contribution < -0.4 is 4.74 Å². The minimum Gasteiger partial charge on any atom is -0.480 e. The van der Waals surface area contributed by atoms with Crippen molar-refractivity contribution >= 4 is 11.9 Å². The molecule has 2 aromatic rings. The van der Waals surface area contributed by atoms with Crippen LogP contribution in [0.5, 0.6) is 5.88 Å². The van der Waals surface area contributed by atoms with Crippen molar-refractivity contribution in [3.05, 3.63) is 41.6 Å². The van der Waals surface area contributed by atoms with E-state index in [4.69, 9.17) is 19.4 Å². The zero-order valence-electron chi connectivity index (χ0n) is 16.5. The maximum atomic E-state index is 12.9. The lowest BCUT2D eigenvalue weighted by molar-refractivity contribution is -0.192. The number of amides is 1. The van der Waals surface area contributed by atoms with Crippen molar-refractivity contribution in [2.75, 3.05) is 20.8 Å². The molecule has 0 saturated heterocycles. The molecule has 164 valence electrons. The van der Waals surface area contributed by atoms with Gasteiger partial charge in [-0.1, -0.05) is 0 Å². The van der Waals surface area contributed by atoms with E-state index in [1.165, 1.54) is 7.11 Å². The van der Waals surface area contributed by atoms with E-state index >= 15 is 0 Å². The molecule has 0 spiro atoms. The van der Waals surface area contributed by atoms with Crippen LogP contribution in [0.2, 0.25) is 0 Å². The zero-order valence-corrected chi connectivity index (χ0v) is 16.5. The molecule has 3 rings (SSSR count). The summed E-state index contributed by atoms with van der Waals surface area (Å²) in [5.41, 5.74) is 1.50. The smallest absolute Gasteiger partial charge is 0.480 e. The fourth-order valence-electron chi connectivity index (χ4n) is 2.97. The Bertz CT molecular complexity index is 900. The number of rotatable bonds is 4. The number of halogens is 3. The number of imidazole rings is 1. The van der Waals surface area contributed by atoms with E-state index < -0.39 is 12.1 Å². The molecule has 1 N–H and O–H groups in total. The van der Waals surface area contributed by atoms with Gasteiger partial charge in [0.15, 0.2) is 0 Å². The number of methoxy groups -OCH3 is 2. The lowest BCUT2D eigenvalue weighted by atomic mass is 10.1. The summed E-state index contributed by atoms with van der Waals surface area (Å²) in [6.45, 7) is 3.81. The first kappa shape index (κ1) is 23.1.